The van der Waals surface area contributed by atoms with Crippen LogP contribution in [0.5, 0.6) is 11.5 Å². The molecule has 0 bridgehead atoms. The van der Waals surface area contributed by atoms with E-state index in [9.17, 15) is 4.79 Å². The van der Waals surface area contributed by atoms with Crippen molar-refractivity contribution in [3.05, 3.63) is 59.7 Å². The van der Waals surface area contributed by atoms with E-state index in [0.29, 0.717) is 37.0 Å². The first kappa shape index (κ1) is 19.8. The fourth-order valence-corrected chi connectivity index (χ4v) is 2.61. The minimum Gasteiger partial charge on any atom is -0.493 e. The van der Waals surface area contributed by atoms with Gasteiger partial charge >= 0.3 is 0 Å². The lowest BCUT2D eigenvalue weighted by molar-refractivity contribution is -0.122. The van der Waals surface area contributed by atoms with Crippen LogP contribution in [0.1, 0.15) is 31.4 Å². The molecule has 2 aromatic carbocycles. The lowest BCUT2D eigenvalue weighted by Crippen LogP contribution is -2.41. The molecule has 26 heavy (non-hydrogen) atoms. The first-order chi connectivity index (χ1) is 12.5. The average Bonchev–Trinajstić information content (AvgIpc) is 2.64. The van der Waals surface area contributed by atoms with E-state index in [1.165, 1.54) is 0 Å². The molecular weight excluding hydrogens is 328 g/mol. The summed E-state index contributed by atoms with van der Waals surface area (Å²) in [7, 11) is 1.60. The van der Waals surface area contributed by atoms with Crippen LogP contribution in [0.25, 0.3) is 0 Å². The summed E-state index contributed by atoms with van der Waals surface area (Å²) in [6.45, 7) is 4.97. The molecule has 0 fully saturated rings. The molecule has 0 aliphatic heterocycles. The second kappa shape index (κ2) is 9.82. The Balaban J connectivity index is 1.94. The van der Waals surface area contributed by atoms with Gasteiger partial charge in [0, 0.05) is 6.54 Å². The van der Waals surface area contributed by atoms with Gasteiger partial charge < -0.3 is 20.5 Å². The number of benzene rings is 2. The van der Waals surface area contributed by atoms with E-state index in [1.807, 2.05) is 62.4 Å². The number of carbonyl (C=O) groups excluding carboxylic acids is 1. The van der Waals surface area contributed by atoms with Crippen LogP contribution in [0.4, 0.5) is 0 Å². The number of amides is 1. The Kier molecular flexibility index (Phi) is 7.48. The normalized spacial score (nSPS) is 11.9. The van der Waals surface area contributed by atoms with E-state index in [1.54, 1.807) is 7.11 Å². The smallest absolute Gasteiger partial charge is 0.237 e. The molecule has 1 amide bonds. The van der Waals surface area contributed by atoms with Crippen LogP contribution in [-0.2, 0) is 17.9 Å². The van der Waals surface area contributed by atoms with Crippen LogP contribution >= 0.6 is 0 Å². The van der Waals surface area contributed by atoms with E-state index in [0.717, 1.165) is 11.1 Å². The second-order valence-electron chi connectivity index (χ2n) is 6.71. The van der Waals surface area contributed by atoms with Gasteiger partial charge in [0.05, 0.1) is 13.2 Å². The molecular formula is C21H28N2O3. The van der Waals surface area contributed by atoms with E-state index >= 15 is 0 Å². The first-order valence-electron chi connectivity index (χ1n) is 8.86. The molecule has 0 heterocycles. The Morgan fingerprint density at radius 1 is 1.08 bits per heavy atom. The summed E-state index contributed by atoms with van der Waals surface area (Å²) >= 11 is 0. The molecule has 0 saturated heterocycles. The molecule has 0 radical (unpaired) electrons. The minimum absolute atomic E-state index is 0.137. The summed E-state index contributed by atoms with van der Waals surface area (Å²) in [5.41, 5.74) is 7.92. The maximum atomic E-state index is 12.0. The first-order valence-corrected chi connectivity index (χ1v) is 8.86. The maximum Gasteiger partial charge on any atom is 0.237 e. The van der Waals surface area contributed by atoms with Crippen LogP contribution < -0.4 is 20.5 Å². The summed E-state index contributed by atoms with van der Waals surface area (Å²) in [6, 6.07) is 15.1. The van der Waals surface area contributed by atoms with Crippen molar-refractivity contribution in [1.82, 2.24) is 5.32 Å². The Morgan fingerprint density at radius 2 is 1.81 bits per heavy atom. The molecule has 3 N–H and O–H groups in total. The van der Waals surface area contributed by atoms with Gasteiger partial charge in [-0.2, -0.15) is 0 Å². The Bertz CT molecular complexity index is 702. The third-order valence-corrected chi connectivity index (χ3v) is 3.99. The van der Waals surface area contributed by atoms with Gasteiger partial charge in [0.1, 0.15) is 6.61 Å². The van der Waals surface area contributed by atoms with Crippen molar-refractivity contribution in [2.24, 2.45) is 11.7 Å². The number of rotatable bonds is 9. The molecule has 5 nitrogen and oxygen atoms in total. The zero-order valence-corrected chi connectivity index (χ0v) is 15.7. The van der Waals surface area contributed by atoms with Crippen molar-refractivity contribution in [3.63, 3.8) is 0 Å². The number of ether oxygens (including phenoxy) is 2. The van der Waals surface area contributed by atoms with Gasteiger partial charge in [0.25, 0.3) is 0 Å². The summed E-state index contributed by atoms with van der Waals surface area (Å²) in [5.74, 6) is 1.56. The van der Waals surface area contributed by atoms with Gasteiger partial charge in [-0.15, -0.1) is 0 Å². The summed E-state index contributed by atoms with van der Waals surface area (Å²) in [5, 5.41) is 2.87. The number of carbonyl (C=O) groups is 1. The third-order valence-electron chi connectivity index (χ3n) is 3.99. The highest BCUT2D eigenvalue weighted by Crippen LogP contribution is 2.28. The molecule has 0 unspecified atom stereocenters. The van der Waals surface area contributed by atoms with Gasteiger partial charge in [-0.3, -0.25) is 4.79 Å². The second-order valence-corrected chi connectivity index (χ2v) is 6.71. The van der Waals surface area contributed by atoms with Crippen molar-refractivity contribution >= 4 is 5.91 Å². The topological polar surface area (TPSA) is 73.6 Å². The lowest BCUT2D eigenvalue weighted by atomic mass is 10.0. The van der Waals surface area contributed by atoms with Crippen LogP contribution in [0, 0.1) is 5.92 Å². The summed E-state index contributed by atoms with van der Waals surface area (Å²) < 4.78 is 11.3. The highest BCUT2D eigenvalue weighted by Gasteiger charge is 2.15. The van der Waals surface area contributed by atoms with Crippen molar-refractivity contribution in [3.8, 4) is 11.5 Å². The SMILES string of the molecule is COc1cc(CNC(=O)[C@@H](N)CC(C)C)ccc1OCc1ccccc1. The third kappa shape index (κ3) is 6.08. The van der Waals surface area contributed by atoms with Crippen LogP contribution in [0.15, 0.2) is 48.5 Å². The molecule has 2 rings (SSSR count). The van der Waals surface area contributed by atoms with E-state index in [2.05, 4.69) is 5.32 Å². The van der Waals surface area contributed by atoms with Crippen molar-refractivity contribution in [2.45, 2.75) is 39.5 Å². The minimum atomic E-state index is -0.481. The molecule has 5 heteroatoms. The molecule has 140 valence electrons. The van der Waals surface area contributed by atoms with E-state index < -0.39 is 6.04 Å². The largest absolute Gasteiger partial charge is 0.493 e. The van der Waals surface area contributed by atoms with Crippen molar-refractivity contribution < 1.29 is 14.3 Å². The molecule has 0 aliphatic carbocycles. The average molecular weight is 356 g/mol. The molecule has 1 atom stereocenters. The predicted octanol–water partition coefficient (Wildman–Crippen LogP) is 3.26. The molecule has 0 aromatic heterocycles. The Labute approximate surface area is 155 Å². The number of nitrogens with one attached hydrogen (secondary N) is 1. The predicted molar refractivity (Wildman–Crippen MR) is 103 cm³/mol. The highest BCUT2D eigenvalue weighted by molar-refractivity contribution is 5.81. The van der Waals surface area contributed by atoms with Crippen LogP contribution in [-0.4, -0.2) is 19.1 Å². The van der Waals surface area contributed by atoms with E-state index in [4.69, 9.17) is 15.2 Å². The van der Waals surface area contributed by atoms with Gasteiger partial charge in [-0.05, 0) is 35.6 Å². The summed E-state index contributed by atoms with van der Waals surface area (Å²) in [6.07, 6.45) is 0.668. The van der Waals surface area contributed by atoms with Crippen LogP contribution in [0.3, 0.4) is 0 Å². The number of nitrogens with two attached hydrogens (primary N) is 1. The lowest BCUT2D eigenvalue weighted by Gasteiger charge is -2.15. The Hall–Kier alpha value is -2.53. The Morgan fingerprint density at radius 3 is 2.46 bits per heavy atom. The fourth-order valence-electron chi connectivity index (χ4n) is 2.61. The van der Waals surface area contributed by atoms with Crippen molar-refractivity contribution in [1.29, 1.82) is 0 Å². The standard InChI is InChI=1S/C21H28N2O3/c1-15(2)11-18(22)21(24)23-13-17-9-10-19(20(12-17)25-3)26-14-16-7-5-4-6-8-16/h4-10,12,15,18H,11,13-14,22H2,1-3H3,(H,23,24)/t18-/m0/s1. The quantitative estimate of drug-likeness (QED) is 0.723. The van der Waals surface area contributed by atoms with Gasteiger partial charge in [-0.25, -0.2) is 0 Å². The number of hydrogen-bond acceptors (Lipinski definition) is 4. The molecule has 2 aromatic rings. The van der Waals surface area contributed by atoms with Crippen LogP contribution in [0.2, 0.25) is 0 Å². The summed E-state index contributed by atoms with van der Waals surface area (Å²) in [4.78, 5) is 12.0. The number of hydrogen-bond donors (Lipinski definition) is 2. The molecule has 0 saturated carbocycles. The number of methoxy groups -OCH3 is 1. The zero-order valence-electron chi connectivity index (χ0n) is 15.7. The van der Waals surface area contributed by atoms with Gasteiger partial charge in [-0.1, -0.05) is 50.2 Å². The fraction of sp³-hybridized carbons (Fsp3) is 0.381. The van der Waals surface area contributed by atoms with Gasteiger partial charge in [0.15, 0.2) is 11.5 Å². The maximum absolute atomic E-state index is 12.0. The zero-order chi connectivity index (χ0) is 18.9. The van der Waals surface area contributed by atoms with Gasteiger partial charge in [0.2, 0.25) is 5.91 Å². The highest BCUT2D eigenvalue weighted by atomic mass is 16.5. The molecule has 0 aliphatic rings. The van der Waals surface area contributed by atoms with Crippen molar-refractivity contribution in [2.75, 3.05) is 7.11 Å². The monoisotopic (exact) mass is 356 g/mol. The molecule has 0 spiro atoms. The van der Waals surface area contributed by atoms with E-state index in [-0.39, 0.29) is 5.91 Å².